The molecule has 1 rings (SSSR count). The second-order valence-electron chi connectivity index (χ2n) is 6.06. The van der Waals surface area contributed by atoms with Crippen LogP contribution < -0.4 is 5.12 Å². The summed E-state index contributed by atoms with van der Waals surface area (Å²) in [5.74, 6) is -5.47. The molecule has 0 N–H and O–H groups in total. The fourth-order valence-electron chi connectivity index (χ4n) is 2.36. The molecule has 0 fully saturated rings. The summed E-state index contributed by atoms with van der Waals surface area (Å²) >= 11 is 0. The minimum Gasteiger partial charge on any atom is -0.377 e. The molecule has 0 heterocycles. The molecule has 12 heteroatoms. The van der Waals surface area contributed by atoms with Crippen LogP contribution in [0.15, 0.2) is 12.1 Å². The lowest BCUT2D eigenvalue weighted by Crippen LogP contribution is -2.45. The Morgan fingerprint density at radius 2 is 1.68 bits per heavy atom. The van der Waals surface area contributed by atoms with Gasteiger partial charge in [-0.1, -0.05) is 8.96 Å². The average Bonchev–Trinajstić information content (AvgIpc) is 2.67. The van der Waals surface area contributed by atoms with Gasteiger partial charge in [-0.2, -0.15) is 5.12 Å². The number of amides is 2. The number of rotatable bonds is 10. The molecule has 0 atom stereocenters. The Balaban J connectivity index is 2.62. The van der Waals surface area contributed by atoms with Crippen molar-refractivity contribution >= 4 is 20.5 Å². The van der Waals surface area contributed by atoms with Gasteiger partial charge in [-0.3, -0.25) is 0 Å². The van der Waals surface area contributed by atoms with Gasteiger partial charge in [0.25, 0.3) is 0 Å². The lowest BCUT2D eigenvalue weighted by atomic mass is 10.3. The molecule has 0 spiro atoms. The van der Waals surface area contributed by atoms with Crippen LogP contribution in [0.3, 0.4) is 0 Å². The van der Waals surface area contributed by atoms with Crippen molar-refractivity contribution in [3.8, 4) is 0 Å². The van der Waals surface area contributed by atoms with Crippen LogP contribution >= 0.6 is 0 Å². The number of urea groups is 1. The van der Waals surface area contributed by atoms with Crippen LogP contribution in [0, 0.1) is 17.5 Å². The van der Waals surface area contributed by atoms with Crippen molar-refractivity contribution in [2.75, 3.05) is 25.9 Å². The SMILES string of the molecule is CO[Si](CCCCN(F)C(=O)N(F)c1ccc(F)c(F)c1F)(OC)OC(C)C. The molecular formula is C16H23F5N2O4Si. The van der Waals surface area contributed by atoms with Crippen molar-refractivity contribution < 1.29 is 40.2 Å². The molecule has 0 unspecified atom stereocenters. The summed E-state index contributed by atoms with van der Waals surface area (Å²) in [6, 6.07) is -0.632. The van der Waals surface area contributed by atoms with Crippen molar-refractivity contribution in [2.45, 2.75) is 38.8 Å². The number of carbonyl (C=O) groups excluding carboxylic acids is 1. The van der Waals surface area contributed by atoms with Gasteiger partial charge in [-0.05, 0) is 38.8 Å². The van der Waals surface area contributed by atoms with E-state index in [1.807, 2.05) is 0 Å². The van der Waals surface area contributed by atoms with E-state index >= 15 is 0 Å². The van der Waals surface area contributed by atoms with E-state index in [1.54, 1.807) is 13.8 Å². The number of nitrogens with zero attached hydrogens (tertiary/aromatic N) is 2. The van der Waals surface area contributed by atoms with Crippen molar-refractivity contribution in [1.82, 2.24) is 5.12 Å². The zero-order valence-corrected chi connectivity index (χ0v) is 17.0. The van der Waals surface area contributed by atoms with Crippen molar-refractivity contribution in [3.63, 3.8) is 0 Å². The number of anilines is 1. The zero-order chi connectivity index (χ0) is 21.5. The number of halogens is 5. The van der Waals surface area contributed by atoms with Gasteiger partial charge >= 0.3 is 14.8 Å². The van der Waals surface area contributed by atoms with E-state index in [9.17, 15) is 26.9 Å². The first-order chi connectivity index (χ1) is 13.1. The summed E-state index contributed by atoms with van der Waals surface area (Å²) in [6.45, 7) is 3.08. The summed E-state index contributed by atoms with van der Waals surface area (Å²) in [5.41, 5.74) is -1.23. The second-order valence-corrected chi connectivity index (χ2v) is 8.98. The maximum absolute atomic E-state index is 13.9. The molecule has 28 heavy (non-hydrogen) atoms. The van der Waals surface area contributed by atoms with Gasteiger partial charge in [0.1, 0.15) is 5.69 Å². The van der Waals surface area contributed by atoms with Crippen LogP contribution in [0.2, 0.25) is 6.04 Å². The quantitative estimate of drug-likeness (QED) is 0.180. The Kier molecular flexibility index (Phi) is 9.27. The molecule has 2 amide bonds. The van der Waals surface area contributed by atoms with Gasteiger partial charge in [0.2, 0.25) is 0 Å². The lowest BCUT2D eigenvalue weighted by molar-refractivity contribution is 0.0581. The van der Waals surface area contributed by atoms with E-state index in [0.717, 1.165) is 0 Å². The number of benzene rings is 1. The fourth-order valence-corrected chi connectivity index (χ4v) is 4.64. The second kappa shape index (κ2) is 10.7. The van der Waals surface area contributed by atoms with E-state index in [0.29, 0.717) is 24.6 Å². The Morgan fingerprint density at radius 3 is 2.21 bits per heavy atom. The zero-order valence-electron chi connectivity index (χ0n) is 16.0. The summed E-state index contributed by atoms with van der Waals surface area (Å²) in [7, 11) is -0.0745. The molecule has 0 radical (unpaired) electrons. The molecular weight excluding hydrogens is 407 g/mol. The minimum atomic E-state index is -2.94. The van der Waals surface area contributed by atoms with E-state index in [-0.39, 0.29) is 12.5 Å². The molecule has 0 aromatic heterocycles. The largest absolute Gasteiger partial charge is 0.500 e. The molecule has 0 bridgehead atoms. The first-order valence-corrected chi connectivity index (χ1v) is 10.4. The molecule has 0 saturated heterocycles. The summed E-state index contributed by atoms with van der Waals surface area (Å²) in [4.78, 5) is 11.7. The topological polar surface area (TPSA) is 51.2 Å². The minimum absolute atomic E-state index is 0.0965. The van der Waals surface area contributed by atoms with Gasteiger partial charge in [-0.15, -0.1) is 5.12 Å². The van der Waals surface area contributed by atoms with Crippen LogP contribution in [-0.2, 0) is 13.3 Å². The monoisotopic (exact) mass is 430 g/mol. The lowest BCUT2D eigenvalue weighted by Gasteiger charge is -2.28. The third kappa shape index (κ3) is 6.12. The molecule has 6 nitrogen and oxygen atoms in total. The van der Waals surface area contributed by atoms with Crippen molar-refractivity contribution in [2.24, 2.45) is 0 Å². The smallest absolute Gasteiger partial charge is 0.377 e. The van der Waals surface area contributed by atoms with E-state index < -0.39 is 54.8 Å². The van der Waals surface area contributed by atoms with Gasteiger partial charge in [0, 0.05) is 26.4 Å². The van der Waals surface area contributed by atoms with Crippen LogP contribution in [0.5, 0.6) is 0 Å². The number of hydrogen-bond acceptors (Lipinski definition) is 4. The van der Waals surface area contributed by atoms with E-state index in [4.69, 9.17) is 13.3 Å². The standard InChI is InChI=1S/C16H23F5N2O4Si/c1-11(2)27-28(25-3,26-4)10-6-5-9-22(20)16(24)23(21)13-8-7-12(17)14(18)15(13)19/h7-8,11H,5-6,9-10H2,1-4H3. The van der Waals surface area contributed by atoms with Crippen LogP contribution in [0.25, 0.3) is 0 Å². The van der Waals surface area contributed by atoms with Crippen molar-refractivity contribution in [3.05, 3.63) is 29.6 Å². The Hall–Kier alpha value is -1.76. The van der Waals surface area contributed by atoms with Gasteiger partial charge in [0.15, 0.2) is 17.5 Å². The van der Waals surface area contributed by atoms with Crippen LogP contribution in [0.1, 0.15) is 26.7 Å². The maximum Gasteiger partial charge on any atom is 0.500 e. The third-order valence-electron chi connectivity index (χ3n) is 3.73. The Morgan fingerprint density at radius 1 is 1.07 bits per heavy atom. The molecule has 0 saturated carbocycles. The van der Waals surface area contributed by atoms with Crippen molar-refractivity contribution in [1.29, 1.82) is 0 Å². The molecule has 0 aliphatic heterocycles. The highest BCUT2D eigenvalue weighted by Gasteiger charge is 2.39. The van der Waals surface area contributed by atoms with Crippen LogP contribution in [-0.4, -0.2) is 46.8 Å². The first kappa shape index (κ1) is 24.3. The highest BCUT2D eigenvalue weighted by molar-refractivity contribution is 6.60. The van der Waals surface area contributed by atoms with Gasteiger partial charge in [0.05, 0.1) is 6.54 Å². The highest BCUT2D eigenvalue weighted by Crippen LogP contribution is 2.25. The van der Waals surface area contributed by atoms with E-state index in [1.165, 1.54) is 14.2 Å². The highest BCUT2D eigenvalue weighted by atomic mass is 28.4. The van der Waals surface area contributed by atoms with Gasteiger partial charge in [-0.25, -0.2) is 18.0 Å². The Labute approximate surface area is 161 Å². The summed E-state index contributed by atoms with van der Waals surface area (Å²) < 4.78 is 83.6. The predicted molar refractivity (Wildman–Crippen MR) is 93.1 cm³/mol. The Bertz CT molecular complexity index is 664. The van der Waals surface area contributed by atoms with Crippen LogP contribution in [0.4, 0.5) is 32.6 Å². The number of carbonyl (C=O) groups is 1. The summed E-state index contributed by atoms with van der Waals surface area (Å²) in [6.07, 6.45) is 0.274. The maximum atomic E-state index is 13.9. The third-order valence-corrected chi connectivity index (χ3v) is 6.77. The molecule has 0 aliphatic rings. The van der Waals surface area contributed by atoms with E-state index in [2.05, 4.69) is 0 Å². The number of unbranched alkanes of at least 4 members (excludes halogenated alkanes) is 1. The first-order valence-electron chi connectivity index (χ1n) is 8.43. The molecule has 1 aromatic carbocycles. The molecule has 160 valence electrons. The number of hydrogen-bond donors (Lipinski definition) is 0. The average molecular weight is 430 g/mol. The normalized spacial score (nSPS) is 11.8. The molecule has 0 aliphatic carbocycles. The summed E-state index contributed by atoms with van der Waals surface area (Å²) in [5, 5.41) is -1.42. The molecule has 1 aromatic rings. The fraction of sp³-hybridized carbons (Fsp3) is 0.562. The van der Waals surface area contributed by atoms with Gasteiger partial charge < -0.3 is 13.3 Å². The predicted octanol–water partition coefficient (Wildman–Crippen LogP) is 4.54.